The van der Waals surface area contributed by atoms with Crippen molar-refractivity contribution >= 4 is 41.2 Å². The Morgan fingerprint density at radius 2 is 1.59 bits per heavy atom. The summed E-state index contributed by atoms with van der Waals surface area (Å²) in [6, 6.07) is 19.3. The van der Waals surface area contributed by atoms with Crippen molar-refractivity contribution in [3.8, 4) is 16.9 Å². The van der Waals surface area contributed by atoms with Gasteiger partial charge in [0.2, 0.25) is 0 Å². The molecule has 2 N–H and O–H groups in total. The van der Waals surface area contributed by atoms with Crippen LogP contribution in [-0.2, 0) is 11.3 Å². The number of aromatic amines is 1. The lowest BCUT2D eigenvalue weighted by molar-refractivity contribution is -0.123. The maximum Gasteiger partial charge on any atom is 0.329 e. The van der Waals surface area contributed by atoms with Gasteiger partial charge in [-0.05, 0) is 60.9 Å². The minimum atomic E-state index is -0.555. The van der Waals surface area contributed by atoms with Gasteiger partial charge in [-0.2, -0.15) is 0 Å². The van der Waals surface area contributed by atoms with Crippen molar-refractivity contribution in [1.29, 1.82) is 0 Å². The fraction of sp³-hybridized carbons (Fsp3) is 0.107. The van der Waals surface area contributed by atoms with Crippen molar-refractivity contribution in [3.05, 3.63) is 115 Å². The second-order valence-corrected chi connectivity index (χ2v) is 9.60. The Morgan fingerprint density at radius 3 is 2.30 bits per heavy atom. The van der Waals surface area contributed by atoms with Crippen LogP contribution in [0.5, 0.6) is 0 Å². The Hall–Kier alpha value is -4.07. The van der Waals surface area contributed by atoms with Gasteiger partial charge in [-0.15, -0.1) is 0 Å². The zero-order valence-electron chi connectivity index (χ0n) is 20.0. The summed E-state index contributed by atoms with van der Waals surface area (Å²) >= 11 is 12.6. The minimum Gasteiger partial charge on any atom is -0.303 e. The average molecular weight is 533 g/mol. The summed E-state index contributed by atoms with van der Waals surface area (Å²) in [6.07, 6.45) is 1.39. The number of aryl methyl sites for hydroxylation is 2. The molecule has 186 valence electrons. The summed E-state index contributed by atoms with van der Waals surface area (Å²) in [5, 5.41) is 6.52. The van der Waals surface area contributed by atoms with E-state index in [1.807, 2.05) is 62.4 Å². The number of carbonyl (C=O) groups excluding carboxylic acids is 2. The van der Waals surface area contributed by atoms with E-state index in [-0.39, 0.29) is 17.8 Å². The Kier molecular flexibility index (Phi) is 6.50. The highest BCUT2D eigenvalue weighted by Gasteiger charge is 2.34. The highest BCUT2D eigenvalue weighted by molar-refractivity contribution is 6.36. The summed E-state index contributed by atoms with van der Waals surface area (Å²) in [4.78, 5) is 40.8. The number of hydrogen-bond acceptors (Lipinski definition) is 3. The number of para-hydroxylation sites is 1. The van der Waals surface area contributed by atoms with E-state index in [1.165, 1.54) is 10.8 Å². The van der Waals surface area contributed by atoms with Crippen LogP contribution in [0.25, 0.3) is 23.0 Å². The summed E-state index contributed by atoms with van der Waals surface area (Å²) in [5.74, 6) is -0.524. The van der Waals surface area contributed by atoms with Crippen LogP contribution >= 0.6 is 23.2 Å². The molecular formula is C28H22Cl2N4O3. The number of hydrogen-bond donors (Lipinski definition) is 2. The van der Waals surface area contributed by atoms with Gasteiger partial charge in [0.1, 0.15) is 5.70 Å². The number of carbonyl (C=O) groups is 2. The van der Waals surface area contributed by atoms with E-state index >= 15 is 0 Å². The third-order valence-electron chi connectivity index (χ3n) is 6.32. The predicted octanol–water partition coefficient (Wildman–Crippen LogP) is 5.85. The quantitative estimate of drug-likeness (QED) is 0.249. The standard InChI is InChI=1S/C28H22Cl2N4O3/c1-16-7-3-5-9-18(16)15-33-27(36)23(31-28(33)37)14-21-25(20-12-11-19(29)13-22(20)30)32-34(26(21)35)24-10-6-4-8-17(24)2/h3-14,32H,15H2,1-2H3,(H,31,37)/b23-14-. The lowest BCUT2D eigenvalue weighted by atomic mass is 10.1. The Labute approximate surface area is 222 Å². The molecule has 1 fully saturated rings. The van der Waals surface area contributed by atoms with Gasteiger partial charge in [0, 0.05) is 10.6 Å². The van der Waals surface area contributed by atoms with Gasteiger partial charge < -0.3 is 5.32 Å². The number of amides is 3. The van der Waals surface area contributed by atoms with Gasteiger partial charge in [0.05, 0.1) is 28.5 Å². The molecule has 0 saturated carbocycles. The molecule has 0 radical (unpaired) electrons. The third kappa shape index (κ3) is 4.59. The summed E-state index contributed by atoms with van der Waals surface area (Å²) in [6.45, 7) is 3.92. The van der Waals surface area contributed by atoms with Crippen molar-refractivity contribution in [3.63, 3.8) is 0 Å². The van der Waals surface area contributed by atoms with Gasteiger partial charge in [-0.1, -0.05) is 65.7 Å². The number of aromatic nitrogens is 2. The van der Waals surface area contributed by atoms with Crippen LogP contribution in [0.1, 0.15) is 22.3 Å². The molecule has 9 heteroatoms. The molecule has 0 unspecified atom stereocenters. The fourth-order valence-electron chi connectivity index (χ4n) is 4.28. The zero-order valence-corrected chi connectivity index (χ0v) is 21.5. The van der Waals surface area contributed by atoms with E-state index in [9.17, 15) is 14.4 Å². The van der Waals surface area contributed by atoms with Crippen LogP contribution in [0.4, 0.5) is 4.79 Å². The first-order valence-corrected chi connectivity index (χ1v) is 12.3. The largest absolute Gasteiger partial charge is 0.329 e. The number of rotatable bonds is 5. The van der Waals surface area contributed by atoms with Crippen LogP contribution in [0.15, 0.2) is 77.2 Å². The van der Waals surface area contributed by atoms with Gasteiger partial charge >= 0.3 is 6.03 Å². The van der Waals surface area contributed by atoms with Crippen LogP contribution in [0.2, 0.25) is 10.0 Å². The van der Waals surface area contributed by atoms with Gasteiger partial charge in [-0.25, -0.2) is 9.48 Å². The van der Waals surface area contributed by atoms with Crippen molar-refractivity contribution < 1.29 is 9.59 Å². The number of benzene rings is 3. The van der Waals surface area contributed by atoms with Crippen molar-refractivity contribution in [2.75, 3.05) is 0 Å². The highest BCUT2D eigenvalue weighted by Crippen LogP contribution is 2.32. The molecule has 0 aliphatic carbocycles. The van der Waals surface area contributed by atoms with Crippen LogP contribution in [0, 0.1) is 13.8 Å². The van der Waals surface area contributed by atoms with Crippen LogP contribution < -0.4 is 10.9 Å². The van der Waals surface area contributed by atoms with Gasteiger partial charge in [0.15, 0.2) is 0 Å². The molecule has 37 heavy (non-hydrogen) atoms. The van der Waals surface area contributed by atoms with Crippen molar-refractivity contribution in [1.82, 2.24) is 20.0 Å². The van der Waals surface area contributed by atoms with E-state index in [0.29, 0.717) is 27.0 Å². The molecule has 0 atom stereocenters. The number of nitrogens with zero attached hydrogens (tertiary/aromatic N) is 2. The molecule has 3 amide bonds. The first-order chi connectivity index (χ1) is 17.7. The van der Waals surface area contributed by atoms with Gasteiger partial charge in [-0.3, -0.25) is 19.6 Å². The van der Waals surface area contributed by atoms with Crippen molar-refractivity contribution in [2.45, 2.75) is 20.4 Å². The third-order valence-corrected chi connectivity index (χ3v) is 6.87. The number of imide groups is 1. The number of urea groups is 1. The smallest absolute Gasteiger partial charge is 0.303 e. The van der Waals surface area contributed by atoms with E-state index in [0.717, 1.165) is 21.6 Å². The lowest BCUT2D eigenvalue weighted by Crippen LogP contribution is -2.30. The first kappa shape index (κ1) is 24.6. The molecule has 3 aromatic carbocycles. The van der Waals surface area contributed by atoms with E-state index in [1.54, 1.807) is 18.2 Å². The number of nitrogens with one attached hydrogen (secondary N) is 2. The molecule has 0 spiro atoms. The predicted molar refractivity (Wildman–Crippen MR) is 145 cm³/mol. The topological polar surface area (TPSA) is 87.2 Å². The zero-order chi connectivity index (χ0) is 26.3. The maximum absolute atomic E-state index is 13.7. The van der Waals surface area contributed by atoms with E-state index in [4.69, 9.17) is 23.2 Å². The SMILES string of the molecule is Cc1ccccc1CN1C(=O)N/C(=C\c2c(-c3ccc(Cl)cc3Cl)[nH]n(-c3ccccc3C)c2=O)C1=O. The number of halogens is 2. The molecule has 0 bridgehead atoms. The van der Waals surface area contributed by atoms with E-state index in [2.05, 4.69) is 10.4 Å². The lowest BCUT2D eigenvalue weighted by Gasteiger charge is -2.13. The Morgan fingerprint density at radius 1 is 0.892 bits per heavy atom. The summed E-state index contributed by atoms with van der Waals surface area (Å²) in [7, 11) is 0. The van der Waals surface area contributed by atoms with Crippen LogP contribution in [0.3, 0.4) is 0 Å². The number of H-pyrrole nitrogens is 1. The second kappa shape index (κ2) is 9.76. The fourth-order valence-corrected chi connectivity index (χ4v) is 4.79. The Balaban J connectivity index is 1.62. The summed E-state index contributed by atoms with van der Waals surface area (Å²) < 4.78 is 1.40. The monoisotopic (exact) mass is 532 g/mol. The molecule has 1 aromatic heterocycles. The first-order valence-electron chi connectivity index (χ1n) is 11.5. The van der Waals surface area contributed by atoms with Crippen LogP contribution in [-0.4, -0.2) is 26.6 Å². The molecule has 1 aliphatic heterocycles. The van der Waals surface area contributed by atoms with Crippen molar-refractivity contribution in [2.24, 2.45) is 0 Å². The molecule has 5 rings (SSSR count). The molecular weight excluding hydrogens is 511 g/mol. The molecule has 1 saturated heterocycles. The highest BCUT2D eigenvalue weighted by atomic mass is 35.5. The average Bonchev–Trinajstić information content (AvgIpc) is 3.32. The second-order valence-electron chi connectivity index (χ2n) is 8.76. The van der Waals surface area contributed by atoms with E-state index < -0.39 is 17.5 Å². The minimum absolute atomic E-state index is 0.00189. The maximum atomic E-state index is 13.7. The normalized spacial score (nSPS) is 14.5. The molecule has 4 aromatic rings. The molecule has 1 aliphatic rings. The van der Waals surface area contributed by atoms with Gasteiger partial charge in [0.25, 0.3) is 11.5 Å². The molecule has 2 heterocycles. The summed E-state index contributed by atoms with van der Waals surface area (Å²) in [5.41, 5.74) is 4.02. The Bertz CT molecular complexity index is 1650. The molecule has 7 nitrogen and oxygen atoms in total.